The lowest BCUT2D eigenvalue weighted by atomic mass is 10.3. The van der Waals surface area contributed by atoms with Gasteiger partial charge in [-0.3, -0.25) is 4.79 Å². The molecule has 16 heavy (non-hydrogen) atoms. The lowest BCUT2D eigenvalue weighted by Gasteiger charge is -2.19. The van der Waals surface area contributed by atoms with Gasteiger partial charge in [-0.2, -0.15) is 0 Å². The first-order valence-electron chi connectivity index (χ1n) is 4.67. The monoisotopic (exact) mass is 230 g/mol. The Morgan fingerprint density at radius 2 is 2.31 bits per heavy atom. The van der Waals surface area contributed by atoms with Crippen LogP contribution in [0.25, 0.3) is 0 Å². The molecule has 0 aliphatic heterocycles. The maximum atomic E-state index is 11.8. The van der Waals surface area contributed by atoms with Gasteiger partial charge in [-0.15, -0.1) is 0 Å². The molecule has 0 aliphatic carbocycles. The SMILES string of the molecule is COCCN(CCO)C(=O)c1nonc1N. The third-order valence-corrected chi connectivity index (χ3v) is 1.94. The van der Waals surface area contributed by atoms with E-state index < -0.39 is 5.91 Å². The summed E-state index contributed by atoms with van der Waals surface area (Å²) in [6.45, 7) is 0.717. The third kappa shape index (κ3) is 2.91. The van der Waals surface area contributed by atoms with Crippen LogP contribution in [-0.2, 0) is 4.74 Å². The van der Waals surface area contributed by atoms with E-state index in [1.807, 2.05) is 0 Å². The number of hydrogen-bond acceptors (Lipinski definition) is 7. The number of aliphatic hydroxyl groups is 1. The summed E-state index contributed by atoms with van der Waals surface area (Å²) in [6, 6.07) is 0. The van der Waals surface area contributed by atoms with Crippen molar-refractivity contribution in [3.8, 4) is 0 Å². The highest BCUT2D eigenvalue weighted by atomic mass is 16.6. The van der Waals surface area contributed by atoms with Crippen molar-refractivity contribution in [1.82, 2.24) is 15.2 Å². The van der Waals surface area contributed by atoms with Crippen LogP contribution < -0.4 is 5.73 Å². The molecule has 0 aromatic carbocycles. The molecule has 1 rings (SSSR count). The van der Waals surface area contributed by atoms with Crippen molar-refractivity contribution in [3.05, 3.63) is 5.69 Å². The minimum atomic E-state index is -0.440. The van der Waals surface area contributed by atoms with E-state index in [0.29, 0.717) is 13.2 Å². The van der Waals surface area contributed by atoms with Gasteiger partial charge in [0.05, 0.1) is 13.2 Å². The number of rotatable bonds is 6. The van der Waals surface area contributed by atoms with Crippen molar-refractivity contribution in [2.24, 2.45) is 0 Å². The second kappa shape index (κ2) is 6.03. The van der Waals surface area contributed by atoms with Crippen molar-refractivity contribution >= 4 is 11.7 Å². The summed E-state index contributed by atoms with van der Waals surface area (Å²) in [7, 11) is 1.52. The maximum Gasteiger partial charge on any atom is 0.280 e. The second-order valence-corrected chi connectivity index (χ2v) is 3.01. The van der Waals surface area contributed by atoms with Crippen molar-refractivity contribution in [2.45, 2.75) is 0 Å². The van der Waals surface area contributed by atoms with Crippen LogP contribution in [0.2, 0.25) is 0 Å². The first-order valence-corrected chi connectivity index (χ1v) is 4.67. The van der Waals surface area contributed by atoms with E-state index in [-0.39, 0.29) is 24.7 Å². The summed E-state index contributed by atoms with van der Waals surface area (Å²) < 4.78 is 9.18. The van der Waals surface area contributed by atoms with Crippen molar-refractivity contribution in [3.63, 3.8) is 0 Å². The Morgan fingerprint density at radius 3 is 2.81 bits per heavy atom. The quantitative estimate of drug-likeness (QED) is 0.626. The Kier molecular flexibility index (Phi) is 4.67. The molecule has 0 spiro atoms. The van der Waals surface area contributed by atoms with Crippen molar-refractivity contribution in [2.75, 3.05) is 39.1 Å². The highest BCUT2D eigenvalue weighted by molar-refractivity contribution is 5.96. The highest BCUT2D eigenvalue weighted by Gasteiger charge is 2.22. The molecule has 8 heteroatoms. The molecule has 0 bridgehead atoms. The molecule has 0 unspecified atom stereocenters. The van der Waals surface area contributed by atoms with Gasteiger partial charge in [0.25, 0.3) is 5.91 Å². The standard InChI is InChI=1S/C8H14N4O4/c1-15-5-3-12(2-4-13)8(14)6-7(9)11-16-10-6/h13H,2-5H2,1H3,(H2,9,11). The highest BCUT2D eigenvalue weighted by Crippen LogP contribution is 2.08. The van der Waals surface area contributed by atoms with Gasteiger partial charge in [-0.05, 0) is 10.3 Å². The molecule has 1 heterocycles. The number of methoxy groups -OCH3 is 1. The first kappa shape index (κ1) is 12.4. The number of aliphatic hydroxyl groups excluding tert-OH is 1. The van der Waals surface area contributed by atoms with Crippen LogP contribution in [-0.4, -0.2) is 59.6 Å². The Labute approximate surface area is 91.9 Å². The number of anilines is 1. The normalized spacial score (nSPS) is 10.4. The molecule has 0 radical (unpaired) electrons. The van der Waals surface area contributed by atoms with Gasteiger partial charge in [0.1, 0.15) is 0 Å². The molecular weight excluding hydrogens is 216 g/mol. The predicted octanol–water partition coefficient (Wildman–Crippen LogP) is -1.27. The van der Waals surface area contributed by atoms with Gasteiger partial charge >= 0.3 is 0 Å². The predicted molar refractivity (Wildman–Crippen MR) is 53.6 cm³/mol. The summed E-state index contributed by atoms with van der Waals surface area (Å²) in [5.74, 6) is -0.504. The number of carbonyl (C=O) groups excluding carboxylic acids is 1. The lowest BCUT2D eigenvalue weighted by Crippen LogP contribution is -2.36. The number of nitrogens with zero attached hydrogens (tertiary/aromatic N) is 3. The molecule has 1 amide bonds. The van der Waals surface area contributed by atoms with Crippen molar-refractivity contribution in [1.29, 1.82) is 0 Å². The summed E-state index contributed by atoms with van der Waals surface area (Å²) in [5, 5.41) is 15.5. The van der Waals surface area contributed by atoms with Gasteiger partial charge in [0, 0.05) is 20.2 Å². The van der Waals surface area contributed by atoms with Crippen LogP contribution >= 0.6 is 0 Å². The average Bonchev–Trinajstić information content (AvgIpc) is 2.69. The maximum absolute atomic E-state index is 11.8. The van der Waals surface area contributed by atoms with E-state index in [0.717, 1.165) is 0 Å². The van der Waals surface area contributed by atoms with E-state index in [4.69, 9.17) is 15.6 Å². The van der Waals surface area contributed by atoms with E-state index in [9.17, 15) is 4.79 Å². The van der Waals surface area contributed by atoms with E-state index >= 15 is 0 Å². The van der Waals surface area contributed by atoms with E-state index in [2.05, 4.69) is 14.9 Å². The molecule has 0 saturated carbocycles. The van der Waals surface area contributed by atoms with Crippen LogP contribution in [0.3, 0.4) is 0 Å². The molecule has 8 nitrogen and oxygen atoms in total. The number of carbonyl (C=O) groups is 1. The summed E-state index contributed by atoms with van der Waals surface area (Å²) >= 11 is 0. The molecule has 1 aromatic heterocycles. The van der Waals surface area contributed by atoms with Gasteiger partial charge in [0.15, 0.2) is 0 Å². The molecule has 0 fully saturated rings. The second-order valence-electron chi connectivity index (χ2n) is 3.01. The van der Waals surface area contributed by atoms with Gasteiger partial charge in [-0.1, -0.05) is 0 Å². The largest absolute Gasteiger partial charge is 0.395 e. The van der Waals surface area contributed by atoms with E-state index in [1.165, 1.54) is 12.0 Å². The van der Waals surface area contributed by atoms with E-state index in [1.54, 1.807) is 0 Å². The zero-order chi connectivity index (χ0) is 12.0. The molecule has 3 N–H and O–H groups in total. The fourth-order valence-electron chi connectivity index (χ4n) is 1.13. The Bertz CT molecular complexity index is 341. The average molecular weight is 230 g/mol. The topological polar surface area (TPSA) is 115 Å². The van der Waals surface area contributed by atoms with Gasteiger partial charge in [-0.25, -0.2) is 4.63 Å². The summed E-state index contributed by atoms with van der Waals surface area (Å²) in [6.07, 6.45) is 0. The Balaban J connectivity index is 2.70. The van der Waals surface area contributed by atoms with Crippen molar-refractivity contribution < 1.29 is 19.3 Å². The fraction of sp³-hybridized carbons (Fsp3) is 0.625. The molecule has 0 atom stereocenters. The first-order chi connectivity index (χ1) is 7.70. The van der Waals surface area contributed by atoms with Gasteiger partial charge < -0.3 is 20.5 Å². The fourth-order valence-corrected chi connectivity index (χ4v) is 1.13. The molecule has 1 aromatic rings. The number of nitrogen functional groups attached to an aromatic ring is 1. The molecule has 0 aliphatic rings. The summed E-state index contributed by atoms with van der Waals surface area (Å²) in [4.78, 5) is 13.2. The zero-order valence-electron chi connectivity index (χ0n) is 8.92. The molecular formula is C8H14N4O4. The Morgan fingerprint density at radius 1 is 1.56 bits per heavy atom. The van der Waals surface area contributed by atoms with Crippen LogP contribution in [0.1, 0.15) is 10.5 Å². The van der Waals surface area contributed by atoms with Crippen LogP contribution in [0.15, 0.2) is 4.63 Å². The number of nitrogens with two attached hydrogens (primary N) is 1. The number of amides is 1. The third-order valence-electron chi connectivity index (χ3n) is 1.94. The van der Waals surface area contributed by atoms with Gasteiger partial charge in [0.2, 0.25) is 11.5 Å². The minimum absolute atomic E-state index is 0.0513. The Hall–Kier alpha value is -1.67. The number of ether oxygens (including phenoxy) is 1. The lowest BCUT2D eigenvalue weighted by molar-refractivity contribution is 0.0646. The number of hydrogen-bond donors (Lipinski definition) is 2. The van der Waals surface area contributed by atoms with Crippen LogP contribution in [0, 0.1) is 0 Å². The van der Waals surface area contributed by atoms with Crippen LogP contribution in [0.5, 0.6) is 0 Å². The number of aromatic nitrogens is 2. The minimum Gasteiger partial charge on any atom is -0.395 e. The van der Waals surface area contributed by atoms with Crippen LogP contribution in [0.4, 0.5) is 5.82 Å². The molecule has 0 saturated heterocycles. The smallest absolute Gasteiger partial charge is 0.280 e. The zero-order valence-corrected chi connectivity index (χ0v) is 8.92. The molecule has 90 valence electrons. The summed E-state index contributed by atoms with van der Waals surface area (Å²) in [5.41, 5.74) is 5.34.